The topological polar surface area (TPSA) is 78.9 Å². The SMILES string of the molecule is CC/C=C\C/C=C\C/C=C\C/C=C\CCCCC(=O)OC(COC(=O)CCCCCCC/C=C\CCCCCC)COC(=O)CCCCCCCCCCCCCCCC/C=C\C/C=C\C/C=C\CCCCCCC. The van der Waals surface area contributed by atoms with E-state index < -0.39 is 6.10 Å². The molecule has 6 heteroatoms. The fourth-order valence-electron chi connectivity index (χ4n) is 8.79. The number of ether oxygens (including phenoxy) is 3. The molecule has 6 nitrogen and oxygen atoms in total. The molecule has 0 rings (SSSR count). The third-order valence-corrected chi connectivity index (χ3v) is 13.5. The molecule has 0 aromatic heterocycles. The van der Waals surface area contributed by atoms with E-state index in [2.05, 4.69) is 118 Å². The Hall–Kier alpha value is -3.67. The van der Waals surface area contributed by atoms with E-state index in [0.29, 0.717) is 19.3 Å². The highest BCUT2D eigenvalue weighted by atomic mass is 16.6. The standard InChI is InChI=1S/C69H118O6/c1-4-7-10-13-16-19-22-25-27-28-29-30-31-32-33-34-35-36-37-38-39-40-42-44-47-50-53-56-59-62-68(71)74-65-66(64-73-67(70)61-58-55-52-49-46-43-24-21-18-15-12-9-6-3)75-69(72)63-60-57-54-51-48-45-41-26-23-20-17-14-11-8-5-2/h8,11,17,20-22,24-26,28-29,31-32,41,48,51,66H,4-7,9-10,12-16,18-19,23,27,30,33-40,42-47,49-50,52-65H2,1-3H3/b11-8-,20-17-,24-21-,25-22-,29-28-,32-31-,41-26-,51-48-. The fraction of sp³-hybridized carbons (Fsp3) is 0.725. The van der Waals surface area contributed by atoms with Crippen molar-refractivity contribution in [3.63, 3.8) is 0 Å². The summed E-state index contributed by atoms with van der Waals surface area (Å²) in [5, 5.41) is 0. The summed E-state index contributed by atoms with van der Waals surface area (Å²) < 4.78 is 16.8. The van der Waals surface area contributed by atoms with E-state index >= 15 is 0 Å². The minimum absolute atomic E-state index is 0.0963. The van der Waals surface area contributed by atoms with Gasteiger partial charge < -0.3 is 14.2 Å². The summed E-state index contributed by atoms with van der Waals surface area (Å²) >= 11 is 0. The lowest BCUT2D eigenvalue weighted by atomic mass is 10.0. The van der Waals surface area contributed by atoms with Crippen molar-refractivity contribution < 1.29 is 28.6 Å². The summed E-state index contributed by atoms with van der Waals surface area (Å²) in [5.41, 5.74) is 0. The molecule has 0 fully saturated rings. The average molecular weight is 1040 g/mol. The molecule has 0 aliphatic carbocycles. The van der Waals surface area contributed by atoms with Gasteiger partial charge in [-0.3, -0.25) is 14.4 Å². The molecule has 0 heterocycles. The lowest BCUT2D eigenvalue weighted by molar-refractivity contribution is -0.167. The molecule has 430 valence electrons. The van der Waals surface area contributed by atoms with Crippen LogP contribution in [0.15, 0.2) is 97.2 Å². The third kappa shape index (κ3) is 61.1. The summed E-state index contributed by atoms with van der Waals surface area (Å²) in [7, 11) is 0. The van der Waals surface area contributed by atoms with E-state index in [1.165, 1.54) is 161 Å². The number of allylic oxidation sites excluding steroid dienone is 16. The number of rotatable bonds is 57. The second-order valence-electron chi connectivity index (χ2n) is 20.9. The zero-order valence-electron chi connectivity index (χ0n) is 49.3. The molecule has 0 saturated heterocycles. The summed E-state index contributed by atoms with van der Waals surface area (Å²) in [5.74, 6) is -0.941. The van der Waals surface area contributed by atoms with Crippen LogP contribution in [0.1, 0.15) is 303 Å². The predicted octanol–water partition coefficient (Wildman–Crippen LogP) is 21.7. The molecular weight excluding hydrogens is 925 g/mol. The summed E-state index contributed by atoms with van der Waals surface area (Å²) in [4.78, 5) is 38.2. The minimum Gasteiger partial charge on any atom is -0.462 e. The Kier molecular flexibility index (Phi) is 59.8. The molecule has 0 aliphatic rings. The molecule has 1 atom stereocenters. The molecule has 0 saturated carbocycles. The van der Waals surface area contributed by atoms with E-state index in [0.717, 1.165) is 96.3 Å². The van der Waals surface area contributed by atoms with Gasteiger partial charge in [0.15, 0.2) is 6.10 Å². The van der Waals surface area contributed by atoms with Crippen molar-refractivity contribution in [1.82, 2.24) is 0 Å². The third-order valence-electron chi connectivity index (χ3n) is 13.5. The molecule has 1 unspecified atom stereocenters. The predicted molar refractivity (Wildman–Crippen MR) is 325 cm³/mol. The van der Waals surface area contributed by atoms with Crippen LogP contribution in [-0.2, 0) is 28.6 Å². The van der Waals surface area contributed by atoms with Crippen LogP contribution >= 0.6 is 0 Å². The van der Waals surface area contributed by atoms with E-state index in [-0.39, 0.29) is 37.5 Å². The molecule has 0 spiro atoms. The van der Waals surface area contributed by atoms with Crippen molar-refractivity contribution in [3.8, 4) is 0 Å². The van der Waals surface area contributed by atoms with E-state index in [1.807, 2.05) is 0 Å². The monoisotopic (exact) mass is 1040 g/mol. The first-order valence-electron chi connectivity index (χ1n) is 31.7. The maximum Gasteiger partial charge on any atom is 0.306 e. The highest BCUT2D eigenvalue weighted by molar-refractivity contribution is 5.71. The molecule has 0 aromatic carbocycles. The maximum absolute atomic E-state index is 12.8. The van der Waals surface area contributed by atoms with Crippen molar-refractivity contribution in [3.05, 3.63) is 97.2 Å². The quantitative estimate of drug-likeness (QED) is 0.0261. The molecule has 0 aliphatic heterocycles. The largest absolute Gasteiger partial charge is 0.462 e. The van der Waals surface area contributed by atoms with E-state index in [9.17, 15) is 14.4 Å². The summed E-state index contributed by atoms with van der Waals surface area (Å²) in [6, 6.07) is 0. The van der Waals surface area contributed by atoms with Crippen LogP contribution in [0.25, 0.3) is 0 Å². The van der Waals surface area contributed by atoms with Crippen molar-refractivity contribution >= 4 is 17.9 Å². The Morgan fingerprint density at radius 3 is 0.867 bits per heavy atom. The zero-order valence-corrected chi connectivity index (χ0v) is 49.3. The molecular formula is C69H118O6. The number of hydrogen-bond acceptors (Lipinski definition) is 6. The van der Waals surface area contributed by atoms with Gasteiger partial charge in [-0.15, -0.1) is 0 Å². The average Bonchev–Trinajstić information content (AvgIpc) is 3.41. The molecule has 0 amide bonds. The van der Waals surface area contributed by atoms with Crippen molar-refractivity contribution in [2.75, 3.05) is 13.2 Å². The second-order valence-corrected chi connectivity index (χ2v) is 20.9. The highest BCUT2D eigenvalue weighted by Gasteiger charge is 2.19. The van der Waals surface area contributed by atoms with Gasteiger partial charge >= 0.3 is 17.9 Å². The Morgan fingerprint density at radius 2 is 0.520 bits per heavy atom. The normalized spacial score (nSPS) is 12.7. The lowest BCUT2D eigenvalue weighted by Gasteiger charge is -2.18. The van der Waals surface area contributed by atoms with Gasteiger partial charge in [0.25, 0.3) is 0 Å². The van der Waals surface area contributed by atoms with Crippen LogP contribution in [0.5, 0.6) is 0 Å². The van der Waals surface area contributed by atoms with Crippen LogP contribution < -0.4 is 0 Å². The van der Waals surface area contributed by atoms with Crippen molar-refractivity contribution in [2.45, 2.75) is 309 Å². The number of carbonyl (C=O) groups is 3. The Balaban J connectivity index is 4.26. The Labute approximate surface area is 464 Å². The summed E-state index contributed by atoms with van der Waals surface area (Å²) in [6.45, 7) is 6.47. The van der Waals surface area contributed by atoms with Gasteiger partial charge in [0.2, 0.25) is 0 Å². The Morgan fingerprint density at radius 1 is 0.280 bits per heavy atom. The highest BCUT2D eigenvalue weighted by Crippen LogP contribution is 2.16. The number of hydrogen-bond donors (Lipinski definition) is 0. The first-order chi connectivity index (χ1) is 37.0. The van der Waals surface area contributed by atoms with Gasteiger partial charge in [0.05, 0.1) is 0 Å². The van der Waals surface area contributed by atoms with Crippen molar-refractivity contribution in [1.29, 1.82) is 0 Å². The van der Waals surface area contributed by atoms with Gasteiger partial charge in [-0.25, -0.2) is 0 Å². The van der Waals surface area contributed by atoms with Crippen molar-refractivity contribution in [2.24, 2.45) is 0 Å². The number of carbonyl (C=O) groups excluding carboxylic acids is 3. The zero-order chi connectivity index (χ0) is 54.3. The molecule has 0 N–H and O–H groups in total. The van der Waals surface area contributed by atoms with Gasteiger partial charge in [-0.1, -0.05) is 259 Å². The van der Waals surface area contributed by atoms with Crippen LogP contribution in [0.4, 0.5) is 0 Å². The maximum atomic E-state index is 12.8. The number of unbranched alkanes of at least 4 members (excludes halogenated alkanes) is 30. The molecule has 0 bridgehead atoms. The minimum atomic E-state index is -0.803. The van der Waals surface area contributed by atoms with Crippen LogP contribution in [0.2, 0.25) is 0 Å². The Bertz CT molecular complexity index is 1480. The van der Waals surface area contributed by atoms with Gasteiger partial charge in [-0.2, -0.15) is 0 Å². The van der Waals surface area contributed by atoms with Crippen LogP contribution in [0.3, 0.4) is 0 Å². The van der Waals surface area contributed by atoms with Gasteiger partial charge in [0.1, 0.15) is 13.2 Å². The first kappa shape index (κ1) is 71.3. The number of esters is 3. The van der Waals surface area contributed by atoms with Crippen LogP contribution in [0, 0.1) is 0 Å². The molecule has 0 aromatic rings. The summed E-state index contributed by atoms with van der Waals surface area (Å²) in [6.07, 6.45) is 84.3. The molecule has 75 heavy (non-hydrogen) atoms. The molecule has 0 radical (unpaired) electrons. The van der Waals surface area contributed by atoms with Gasteiger partial charge in [-0.05, 0) is 122 Å². The van der Waals surface area contributed by atoms with Gasteiger partial charge in [0, 0.05) is 19.3 Å². The smallest absolute Gasteiger partial charge is 0.306 e. The van der Waals surface area contributed by atoms with E-state index in [1.54, 1.807) is 0 Å². The van der Waals surface area contributed by atoms with E-state index in [4.69, 9.17) is 14.2 Å². The lowest BCUT2D eigenvalue weighted by Crippen LogP contribution is -2.30. The first-order valence-corrected chi connectivity index (χ1v) is 31.7. The fourth-order valence-corrected chi connectivity index (χ4v) is 8.79. The second kappa shape index (κ2) is 62.9. The van der Waals surface area contributed by atoms with Crippen LogP contribution in [-0.4, -0.2) is 37.2 Å².